The first-order valence-electron chi connectivity index (χ1n) is 11.5. The maximum atomic E-state index is 13.4. The van der Waals surface area contributed by atoms with Crippen molar-refractivity contribution in [1.29, 1.82) is 0 Å². The Hall–Kier alpha value is -3.51. The van der Waals surface area contributed by atoms with Crippen molar-refractivity contribution >= 4 is 40.3 Å². The number of aliphatic imine (C=N–C) groups is 1. The quantitative estimate of drug-likeness (QED) is 0.409. The molecule has 0 bridgehead atoms. The van der Waals surface area contributed by atoms with Gasteiger partial charge in [-0.1, -0.05) is 42.5 Å². The van der Waals surface area contributed by atoms with Gasteiger partial charge in [-0.05, 0) is 78.2 Å². The molecule has 1 amide bonds. The van der Waals surface area contributed by atoms with E-state index in [1.165, 1.54) is 30.3 Å². The first-order chi connectivity index (χ1) is 16.7. The number of carbonyl (C=O) groups excluding carboxylic acids is 1. The topological polar surface area (TPSA) is 45.1 Å². The number of methoxy groups -OCH3 is 1. The summed E-state index contributed by atoms with van der Waals surface area (Å²) in [5.74, 6) is 0.765. The van der Waals surface area contributed by atoms with Crippen molar-refractivity contribution < 1.29 is 9.53 Å². The number of para-hydroxylation sites is 1. The van der Waals surface area contributed by atoms with Crippen LogP contribution in [0, 0.1) is 0 Å². The van der Waals surface area contributed by atoms with Crippen LogP contribution in [0.4, 0.5) is 11.4 Å². The molecular weight excluding hydrogens is 442 g/mol. The van der Waals surface area contributed by atoms with Crippen molar-refractivity contribution in [2.45, 2.75) is 19.4 Å². The molecule has 172 valence electrons. The fraction of sp³-hybridized carbons (Fsp3) is 0.214. The number of hydrogen-bond acceptors (Lipinski definition) is 5. The molecule has 0 aliphatic carbocycles. The van der Waals surface area contributed by atoms with E-state index in [1.807, 2.05) is 60.7 Å². The van der Waals surface area contributed by atoms with Gasteiger partial charge in [0.15, 0.2) is 5.17 Å². The average molecular weight is 470 g/mol. The molecule has 2 fully saturated rings. The van der Waals surface area contributed by atoms with Gasteiger partial charge >= 0.3 is 0 Å². The number of amidine groups is 1. The van der Waals surface area contributed by atoms with Gasteiger partial charge in [0.05, 0.1) is 24.2 Å². The van der Waals surface area contributed by atoms with E-state index in [0.29, 0.717) is 16.6 Å². The number of amides is 1. The van der Waals surface area contributed by atoms with Crippen molar-refractivity contribution in [3.05, 3.63) is 94.9 Å². The molecular formula is C28H27N3O2S. The van der Waals surface area contributed by atoms with Crippen LogP contribution in [-0.4, -0.2) is 36.2 Å². The zero-order chi connectivity index (χ0) is 23.3. The molecule has 2 aliphatic heterocycles. The summed E-state index contributed by atoms with van der Waals surface area (Å²) in [5, 5.41) is 0.687. The molecule has 2 saturated heterocycles. The summed E-state index contributed by atoms with van der Waals surface area (Å²) in [4.78, 5) is 23.1. The molecule has 0 unspecified atom stereocenters. The second-order valence-electron chi connectivity index (χ2n) is 8.37. The molecule has 5 nitrogen and oxygen atoms in total. The summed E-state index contributed by atoms with van der Waals surface area (Å²) >= 11 is 1.43. The van der Waals surface area contributed by atoms with Gasteiger partial charge < -0.3 is 9.64 Å². The zero-order valence-corrected chi connectivity index (χ0v) is 20.0. The van der Waals surface area contributed by atoms with Gasteiger partial charge in [0.1, 0.15) is 5.75 Å². The molecule has 34 heavy (non-hydrogen) atoms. The molecule has 0 spiro atoms. The predicted octanol–water partition coefficient (Wildman–Crippen LogP) is 6.10. The first-order valence-corrected chi connectivity index (χ1v) is 12.3. The monoisotopic (exact) mass is 469 g/mol. The molecule has 0 atom stereocenters. The van der Waals surface area contributed by atoms with E-state index >= 15 is 0 Å². The van der Waals surface area contributed by atoms with E-state index in [4.69, 9.17) is 9.73 Å². The summed E-state index contributed by atoms with van der Waals surface area (Å²) < 4.78 is 5.26. The van der Waals surface area contributed by atoms with Crippen LogP contribution < -0.4 is 9.64 Å². The Labute approximate surface area is 204 Å². The lowest BCUT2D eigenvalue weighted by atomic mass is 10.1. The number of carbonyl (C=O) groups is 1. The van der Waals surface area contributed by atoms with Gasteiger partial charge in [-0.25, -0.2) is 4.99 Å². The number of anilines is 1. The third-order valence-electron chi connectivity index (χ3n) is 6.03. The Morgan fingerprint density at radius 2 is 1.65 bits per heavy atom. The Bertz CT molecular complexity index is 1200. The van der Waals surface area contributed by atoms with Gasteiger partial charge in [-0.15, -0.1) is 0 Å². The standard InChI is InChI=1S/C28H27N3O2S/c1-33-25-15-11-22(12-16-25)20-31-27(32)26(34-28(31)29-23-7-3-2-4-8-23)19-21-9-13-24(14-10-21)30-17-5-6-18-30/h2-4,7-16,19H,5-6,17-18,20H2,1H3/b26-19-,29-28?. The number of thioether (sulfide) groups is 1. The molecule has 3 aromatic carbocycles. The van der Waals surface area contributed by atoms with E-state index in [1.54, 1.807) is 12.0 Å². The SMILES string of the molecule is COc1ccc(CN2C(=O)/C(=C/c3ccc(N4CCCC4)cc3)SC2=Nc2ccccc2)cc1. The van der Waals surface area contributed by atoms with Gasteiger partial charge in [0.2, 0.25) is 0 Å². The molecule has 3 aromatic rings. The lowest BCUT2D eigenvalue weighted by Gasteiger charge is -2.17. The molecule has 6 heteroatoms. The fourth-order valence-electron chi connectivity index (χ4n) is 4.17. The lowest BCUT2D eigenvalue weighted by Crippen LogP contribution is -2.28. The molecule has 2 aliphatic rings. The third-order valence-corrected chi connectivity index (χ3v) is 7.04. The third kappa shape index (κ3) is 5.02. The molecule has 2 heterocycles. The maximum Gasteiger partial charge on any atom is 0.267 e. The normalized spacial score (nSPS) is 18.3. The molecule has 0 saturated carbocycles. The van der Waals surface area contributed by atoms with Crippen LogP contribution in [0.5, 0.6) is 5.75 Å². The highest BCUT2D eigenvalue weighted by molar-refractivity contribution is 8.18. The van der Waals surface area contributed by atoms with Gasteiger partial charge in [0.25, 0.3) is 5.91 Å². The van der Waals surface area contributed by atoms with Gasteiger partial charge in [0, 0.05) is 18.8 Å². The summed E-state index contributed by atoms with van der Waals surface area (Å²) in [7, 11) is 1.65. The van der Waals surface area contributed by atoms with E-state index in [0.717, 1.165) is 35.7 Å². The lowest BCUT2D eigenvalue weighted by molar-refractivity contribution is -0.122. The fourth-order valence-corrected chi connectivity index (χ4v) is 5.16. The molecule has 0 N–H and O–H groups in total. The van der Waals surface area contributed by atoms with Crippen LogP contribution in [0.25, 0.3) is 6.08 Å². The van der Waals surface area contributed by atoms with Gasteiger partial charge in [-0.2, -0.15) is 0 Å². The van der Waals surface area contributed by atoms with Crippen molar-refractivity contribution in [2.75, 3.05) is 25.1 Å². The number of ether oxygens (including phenoxy) is 1. The number of hydrogen-bond donors (Lipinski definition) is 0. The zero-order valence-electron chi connectivity index (χ0n) is 19.2. The summed E-state index contributed by atoms with van der Waals surface area (Å²) in [5.41, 5.74) is 4.11. The number of rotatable bonds is 6. The maximum absolute atomic E-state index is 13.4. The highest BCUT2D eigenvalue weighted by atomic mass is 32.2. The summed E-state index contributed by atoms with van der Waals surface area (Å²) in [6.07, 6.45) is 4.48. The van der Waals surface area contributed by atoms with Crippen LogP contribution in [0.1, 0.15) is 24.0 Å². The van der Waals surface area contributed by atoms with Crippen LogP contribution >= 0.6 is 11.8 Å². The molecule has 0 radical (unpaired) electrons. The van der Waals surface area contributed by atoms with Crippen molar-refractivity contribution in [3.63, 3.8) is 0 Å². The number of benzene rings is 3. The van der Waals surface area contributed by atoms with E-state index in [-0.39, 0.29) is 5.91 Å². The van der Waals surface area contributed by atoms with E-state index in [2.05, 4.69) is 29.2 Å². The van der Waals surface area contributed by atoms with Crippen LogP contribution in [-0.2, 0) is 11.3 Å². The highest BCUT2D eigenvalue weighted by Gasteiger charge is 2.33. The Kier molecular flexibility index (Phi) is 6.67. The second-order valence-corrected chi connectivity index (χ2v) is 9.37. The number of nitrogens with zero attached hydrogens (tertiary/aromatic N) is 3. The molecule has 5 rings (SSSR count). The van der Waals surface area contributed by atoms with Crippen LogP contribution in [0.15, 0.2) is 88.8 Å². The van der Waals surface area contributed by atoms with E-state index < -0.39 is 0 Å². The summed E-state index contributed by atoms with van der Waals surface area (Å²) in [6, 6.07) is 26.0. The molecule has 0 aromatic heterocycles. The Morgan fingerprint density at radius 3 is 2.32 bits per heavy atom. The van der Waals surface area contributed by atoms with Crippen molar-refractivity contribution in [3.8, 4) is 5.75 Å². The largest absolute Gasteiger partial charge is 0.497 e. The first kappa shape index (κ1) is 22.3. The minimum Gasteiger partial charge on any atom is -0.497 e. The Morgan fingerprint density at radius 1 is 0.941 bits per heavy atom. The smallest absolute Gasteiger partial charge is 0.267 e. The Balaban J connectivity index is 1.41. The van der Waals surface area contributed by atoms with Crippen LogP contribution in [0.3, 0.4) is 0 Å². The van der Waals surface area contributed by atoms with Gasteiger partial charge in [-0.3, -0.25) is 9.69 Å². The second kappa shape index (κ2) is 10.2. The average Bonchev–Trinajstić information content (AvgIpc) is 3.51. The summed E-state index contributed by atoms with van der Waals surface area (Å²) in [6.45, 7) is 2.69. The highest BCUT2D eigenvalue weighted by Crippen LogP contribution is 2.35. The van der Waals surface area contributed by atoms with Crippen LogP contribution in [0.2, 0.25) is 0 Å². The van der Waals surface area contributed by atoms with E-state index in [9.17, 15) is 4.79 Å². The van der Waals surface area contributed by atoms with Crippen molar-refractivity contribution in [2.24, 2.45) is 4.99 Å². The predicted molar refractivity (Wildman–Crippen MR) is 141 cm³/mol. The van der Waals surface area contributed by atoms with Crippen molar-refractivity contribution in [1.82, 2.24) is 4.90 Å². The minimum absolute atomic E-state index is 0.0286. The minimum atomic E-state index is -0.0286.